The molecule has 0 radical (unpaired) electrons. The first kappa shape index (κ1) is 24.3. The third-order valence-electron chi connectivity index (χ3n) is 4.83. The maximum atomic E-state index is 13.7. The van der Waals surface area contributed by atoms with Gasteiger partial charge in [0, 0.05) is 14.0 Å². The number of hydrogen-bond acceptors (Lipinski definition) is 7. The first-order chi connectivity index (χ1) is 16.4. The van der Waals surface area contributed by atoms with Crippen molar-refractivity contribution in [2.24, 2.45) is 0 Å². The lowest BCUT2D eigenvalue weighted by Gasteiger charge is -2.26. The molecule has 2 atom stereocenters. The largest absolute Gasteiger partial charge is 0.497 e. The average Bonchev–Trinajstić information content (AvgIpc) is 2.86. The molecule has 0 aromatic heterocycles. The molecule has 176 valence electrons. The van der Waals surface area contributed by atoms with E-state index in [0.717, 1.165) is 0 Å². The molecule has 1 N–H and O–H groups in total. The fraction of sp³-hybridized carbons (Fsp3) is 0.192. The fourth-order valence-electron chi connectivity index (χ4n) is 3.23. The molecule has 0 aliphatic carbocycles. The lowest BCUT2D eigenvalue weighted by Crippen LogP contribution is -2.37. The Balaban J connectivity index is 2.03. The van der Waals surface area contributed by atoms with Crippen molar-refractivity contribution in [3.8, 4) is 17.2 Å². The summed E-state index contributed by atoms with van der Waals surface area (Å²) in [7, 11) is 2.90. The minimum atomic E-state index is -1.47. The molecular formula is C26H25NO7. The Morgan fingerprint density at radius 2 is 1.44 bits per heavy atom. The summed E-state index contributed by atoms with van der Waals surface area (Å²) in [6, 6.07) is 22.1. The zero-order valence-electron chi connectivity index (χ0n) is 19.0. The van der Waals surface area contributed by atoms with E-state index in [9.17, 15) is 14.4 Å². The fourth-order valence-corrected chi connectivity index (χ4v) is 3.23. The Morgan fingerprint density at radius 3 is 2.06 bits per heavy atom. The first-order valence-corrected chi connectivity index (χ1v) is 10.5. The Kier molecular flexibility index (Phi) is 8.23. The second-order valence-corrected chi connectivity index (χ2v) is 7.15. The molecule has 8 heteroatoms. The predicted octanol–water partition coefficient (Wildman–Crippen LogP) is 4.70. The second-order valence-electron chi connectivity index (χ2n) is 7.15. The Bertz CT molecular complexity index is 1130. The van der Waals surface area contributed by atoms with Gasteiger partial charge in [0.25, 0.3) is 0 Å². The lowest BCUT2D eigenvalue weighted by molar-refractivity contribution is -0.149. The number of carbonyl (C=O) groups excluding carboxylic acids is 3. The van der Waals surface area contributed by atoms with Gasteiger partial charge in [-0.05, 0) is 42.0 Å². The van der Waals surface area contributed by atoms with Crippen molar-refractivity contribution in [1.29, 1.82) is 0 Å². The molecule has 0 saturated carbocycles. The van der Waals surface area contributed by atoms with Crippen LogP contribution in [0.2, 0.25) is 0 Å². The summed E-state index contributed by atoms with van der Waals surface area (Å²) in [6.45, 7) is 1.18. The minimum absolute atomic E-state index is 0.164. The summed E-state index contributed by atoms with van der Waals surface area (Å²) in [4.78, 5) is 37.8. The monoisotopic (exact) mass is 463 g/mol. The zero-order chi connectivity index (χ0) is 24.5. The van der Waals surface area contributed by atoms with Gasteiger partial charge in [-0.1, -0.05) is 42.5 Å². The zero-order valence-corrected chi connectivity index (χ0v) is 19.0. The number of methoxy groups -OCH3 is 1. The summed E-state index contributed by atoms with van der Waals surface area (Å²) < 4.78 is 22.0. The molecule has 0 heterocycles. The van der Waals surface area contributed by atoms with E-state index < -0.39 is 30.1 Å². The van der Waals surface area contributed by atoms with Gasteiger partial charge in [-0.25, -0.2) is 4.79 Å². The summed E-state index contributed by atoms with van der Waals surface area (Å²) >= 11 is 0. The molecular weight excluding hydrogens is 438 g/mol. The highest BCUT2D eigenvalue weighted by Gasteiger charge is 2.37. The molecule has 0 spiro atoms. The van der Waals surface area contributed by atoms with Crippen LogP contribution in [0.4, 0.5) is 4.79 Å². The third-order valence-corrected chi connectivity index (χ3v) is 4.83. The minimum Gasteiger partial charge on any atom is -0.497 e. The van der Waals surface area contributed by atoms with E-state index in [-0.39, 0.29) is 11.3 Å². The van der Waals surface area contributed by atoms with Crippen LogP contribution in [0.15, 0.2) is 78.9 Å². The molecule has 3 aromatic carbocycles. The van der Waals surface area contributed by atoms with Crippen molar-refractivity contribution in [3.63, 3.8) is 0 Å². The molecule has 3 aromatic rings. The highest BCUT2D eigenvalue weighted by molar-refractivity contribution is 6.03. The average molecular weight is 463 g/mol. The van der Waals surface area contributed by atoms with Gasteiger partial charge < -0.3 is 24.3 Å². The van der Waals surface area contributed by atoms with Gasteiger partial charge in [0.15, 0.2) is 6.10 Å². The maximum absolute atomic E-state index is 13.7. The van der Waals surface area contributed by atoms with Crippen LogP contribution in [-0.2, 0) is 14.3 Å². The summed E-state index contributed by atoms with van der Waals surface area (Å²) in [5, 5.41) is 2.36. The van der Waals surface area contributed by atoms with Crippen LogP contribution in [-0.4, -0.2) is 38.1 Å². The number of para-hydroxylation sites is 2. The molecule has 0 aliphatic rings. The van der Waals surface area contributed by atoms with Crippen LogP contribution < -0.4 is 14.8 Å². The number of ketones is 1. The van der Waals surface area contributed by atoms with Crippen LogP contribution in [0.1, 0.15) is 28.9 Å². The number of amides is 1. The quantitative estimate of drug-likeness (QED) is 0.363. The van der Waals surface area contributed by atoms with E-state index in [1.807, 2.05) is 6.07 Å². The number of benzene rings is 3. The SMILES string of the molecule is CNC(=O)OC(c1ccc(OC)cc1)C(OC(C)=O)C(=O)c1ccccc1Oc1ccccc1. The number of nitrogens with one attached hydrogen (secondary N) is 1. The van der Waals surface area contributed by atoms with E-state index in [1.165, 1.54) is 21.1 Å². The van der Waals surface area contributed by atoms with Crippen molar-refractivity contribution >= 4 is 17.8 Å². The number of Topliss-reactive ketones (excluding diaryl/α,β-unsaturated/α-hetero) is 1. The number of esters is 1. The lowest BCUT2D eigenvalue weighted by atomic mass is 9.96. The summed E-state index contributed by atoms with van der Waals surface area (Å²) in [6.07, 6.45) is -3.49. The molecule has 2 unspecified atom stereocenters. The van der Waals surface area contributed by atoms with Gasteiger partial charge in [0.2, 0.25) is 11.9 Å². The van der Waals surface area contributed by atoms with Gasteiger partial charge in [0.05, 0.1) is 12.7 Å². The molecule has 1 amide bonds. The topological polar surface area (TPSA) is 100 Å². The van der Waals surface area contributed by atoms with Crippen molar-refractivity contribution in [2.75, 3.05) is 14.2 Å². The second kappa shape index (κ2) is 11.5. The van der Waals surface area contributed by atoms with Crippen LogP contribution in [0.25, 0.3) is 0 Å². The van der Waals surface area contributed by atoms with E-state index in [4.69, 9.17) is 18.9 Å². The van der Waals surface area contributed by atoms with Gasteiger partial charge >= 0.3 is 12.1 Å². The molecule has 0 aliphatic heterocycles. The van der Waals surface area contributed by atoms with E-state index >= 15 is 0 Å². The molecule has 34 heavy (non-hydrogen) atoms. The summed E-state index contributed by atoms with van der Waals surface area (Å²) in [5.74, 6) is 0.0640. The van der Waals surface area contributed by atoms with Crippen molar-refractivity contribution in [1.82, 2.24) is 5.32 Å². The Morgan fingerprint density at radius 1 is 0.794 bits per heavy atom. The highest BCUT2D eigenvalue weighted by Crippen LogP contribution is 2.32. The number of hydrogen-bond donors (Lipinski definition) is 1. The smallest absolute Gasteiger partial charge is 0.407 e. The van der Waals surface area contributed by atoms with Crippen LogP contribution in [0.5, 0.6) is 17.2 Å². The van der Waals surface area contributed by atoms with Gasteiger partial charge in [-0.15, -0.1) is 0 Å². The Hall–Kier alpha value is -4.33. The number of ether oxygens (including phenoxy) is 4. The van der Waals surface area contributed by atoms with E-state index in [2.05, 4.69) is 5.32 Å². The first-order valence-electron chi connectivity index (χ1n) is 10.5. The van der Waals surface area contributed by atoms with Crippen LogP contribution in [0.3, 0.4) is 0 Å². The standard InChI is InChI=1S/C26H25NO7/c1-17(28)32-25(24(34-26(30)27-2)18-13-15-19(31-3)16-14-18)23(29)21-11-7-8-12-22(21)33-20-9-5-4-6-10-20/h4-16,24-25H,1-3H3,(H,27,30). The number of alkyl carbamates (subject to hydrolysis) is 1. The number of rotatable bonds is 9. The van der Waals surface area contributed by atoms with Crippen LogP contribution >= 0.6 is 0 Å². The molecule has 0 saturated heterocycles. The van der Waals surface area contributed by atoms with Gasteiger partial charge in [0.1, 0.15) is 17.2 Å². The molecule has 0 bridgehead atoms. The maximum Gasteiger partial charge on any atom is 0.407 e. The third kappa shape index (κ3) is 6.13. The molecule has 3 rings (SSSR count). The molecule has 0 fully saturated rings. The van der Waals surface area contributed by atoms with Crippen molar-refractivity contribution in [2.45, 2.75) is 19.1 Å². The van der Waals surface area contributed by atoms with E-state index in [1.54, 1.807) is 72.8 Å². The van der Waals surface area contributed by atoms with Gasteiger partial charge in [-0.3, -0.25) is 9.59 Å². The predicted molar refractivity (Wildman–Crippen MR) is 124 cm³/mol. The molecule has 8 nitrogen and oxygen atoms in total. The Labute approximate surface area is 197 Å². The summed E-state index contributed by atoms with van der Waals surface area (Å²) in [5.41, 5.74) is 0.599. The van der Waals surface area contributed by atoms with Crippen molar-refractivity contribution < 1.29 is 33.3 Å². The van der Waals surface area contributed by atoms with Crippen molar-refractivity contribution in [3.05, 3.63) is 90.0 Å². The van der Waals surface area contributed by atoms with Crippen LogP contribution in [0, 0.1) is 0 Å². The highest BCUT2D eigenvalue weighted by atomic mass is 16.6. The number of carbonyl (C=O) groups is 3. The normalized spacial score (nSPS) is 12.1. The van der Waals surface area contributed by atoms with E-state index in [0.29, 0.717) is 17.1 Å². The van der Waals surface area contributed by atoms with Gasteiger partial charge in [-0.2, -0.15) is 0 Å².